The molecule has 17 heavy (non-hydrogen) atoms. The van der Waals surface area contributed by atoms with Crippen LogP contribution in [0, 0.1) is 5.92 Å². The molecule has 1 fully saturated rings. The lowest BCUT2D eigenvalue weighted by molar-refractivity contribution is -0.141. The Hall–Kier alpha value is -1.30. The Kier molecular flexibility index (Phi) is 5.21. The topological polar surface area (TPSA) is 70.1 Å². The lowest BCUT2D eigenvalue weighted by Crippen LogP contribution is -2.44. The van der Waals surface area contributed by atoms with Crippen molar-refractivity contribution in [1.29, 1.82) is 0 Å². The molecule has 0 radical (unpaired) electrons. The van der Waals surface area contributed by atoms with Crippen molar-refractivity contribution in [3.8, 4) is 0 Å². The van der Waals surface area contributed by atoms with Gasteiger partial charge in [0.1, 0.15) is 6.73 Å². The molecule has 98 valence electrons. The van der Waals surface area contributed by atoms with Crippen LogP contribution >= 0.6 is 0 Å². The van der Waals surface area contributed by atoms with Gasteiger partial charge in [-0.3, -0.25) is 4.79 Å². The van der Waals surface area contributed by atoms with Gasteiger partial charge in [-0.25, -0.2) is 4.79 Å². The number of piperidine rings is 1. The molecule has 1 N–H and O–H groups in total. The summed E-state index contributed by atoms with van der Waals surface area (Å²) in [6, 6.07) is 0. The molecule has 0 saturated carbocycles. The summed E-state index contributed by atoms with van der Waals surface area (Å²) < 4.78 is 4.97. The van der Waals surface area contributed by atoms with E-state index < -0.39 is 6.09 Å². The Morgan fingerprint density at radius 2 is 2.00 bits per heavy atom. The number of rotatable bonds is 4. The van der Waals surface area contributed by atoms with Crippen molar-refractivity contribution in [3.63, 3.8) is 0 Å². The largest absolute Gasteiger partial charge is 0.465 e. The predicted octanol–water partition coefficient (Wildman–Crippen LogP) is 0.829. The van der Waals surface area contributed by atoms with E-state index in [4.69, 9.17) is 9.84 Å². The van der Waals surface area contributed by atoms with Crippen LogP contribution in [-0.2, 0) is 9.53 Å². The van der Waals surface area contributed by atoms with Gasteiger partial charge in [0.15, 0.2) is 0 Å². The average Bonchev–Trinajstić information content (AvgIpc) is 2.35. The Morgan fingerprint density at radius 3 is 2.41 bits per heavy atom. The van der Waals surface area contributed by atoms with Gasteiger partial charge >= 0.3 is 6.09 Å². The van der Waals surface area contributed by atoms with Gasteiger partial charge in [-0.1, -0.05) is 0 Å². The van der Waals surface area contributed by atoms with Gasteiger partial charge in [0, 0.05) is 32.7 Å². The predicted molar refractivity (Wildman–Crippen MR) is 61.6 cm³/mol. The summed E-state index contributed by atoms with van der Waals surface area (Å²) in [7, 11) is 1.56. The number of hydrogen-bond donors (Lipinski definition) is 1. The molecule has 1 rings (SSSR count). The third kappa shape index (κ3) is 3.59. The first-order valence-electron chi connectivity index (χ1n) is 5.85. The van der Waals surface area contributed by atoms with Crippen molar-refractivity contribution < 1.29 is 19.4 Å². The van der Waals surface area contributed by atoms with Gasteiger partial charge in [-0.05, 0) is 19.8 Å². The van der Waals surface area contributed by atoms with Gasteiger partial charge in [-0.2, -0.15) is 0 Å². The first-order valence-corrected chi connectivity index (χ1v) is 5.85. The minimum atomic E-state index is -0.903. The van der Waals surface area contributed by atoms with Crippen LogP contribution < -0.4 is 0 Å². The van der Waals surface area contributed by atoms with E-state index in [1.807, 2.05) is 6.92 Å². The molecule has 0 unspecified atom stereocenters. The number of methoxy groups -OCH3 is 1. The third-order valence-corrected chi connectivity index (χ3v) is 3.09. The molecule has 6 heteroatoms. The molecule has 1 saturated heterocycles. The summed E-state index contributed by atoms with van der Waals surface area (Å²) in [5, 5.41) is 8.81. The maximum Gasteiger partial charge on any atom is 0.407 e. The van der Waals surface area contributed by atoms with Crippen LogP contribution in [0.2, 0.25) is 0 Å². The average molecular weight is 244 g/mol. The van der Waals surface area contributed by atoms with Gasteiger partial charge in [0.05, 0.1) is 0 Å². The Balaban J connectivity index is 2.47. The van der Waals surface area contributed by atoms with E-state index in [1.54, 1.807) is 12.0 Å². The maximum absolute atomic E-state index is 12.1. The zero-order valence-corrected chi connectivity index (χ0v) is 10.4. The second-order valence-corrected chi connectivity index (χ2v) is 4.16. The number of carboxylic acid groups (broad SMARTS) is 1. The molecule has 2 amide bonds. The fourth-order valence-electron chi connectivity index (χ4n) is 2.04. The van der Waals surface area contributed by atoms with Crippen LogP contribution in [0.25, 0.3) is 0 Å². The zero-order chi connectivity index (χ0) is 12.8. The molecule has 6 nitrogen and oxygen atoms in total. The number of likely N-dealkylation sites (tertiary alicyclic amines) is 1. The monoisotopic (exact) mass is 244 g/mol. The molecule has 0 aromatic carbocycles. The summed E-state index contributed by atoms with van der Waals surface area (Å²) >= 11 is 0. The summed E-state index contributed by atoms with van der Waals surface area (Å²) in [5.74, 6) is 0.0000822. The second-order valence-electron chi connectivity index (χ2n) is 4.16. The third-order valence-electron chi connectivity index (χ3n) is 3.09. The first kappa shape index (κ1) is 13.8. The molecule has 0 aromatic rings. The minimum absolute atomic E-state index is 0.0688. The first-order chi connectivity index (χ1) is 8.10. The minimum Gasteiger partial charge on any atom is -0.465 e. The molecule has 0 aliphatic carbocycles. The van der Waals surface area contributed by atoms with E-state index in [0.29, 0.717) is 39.2 Å². The van der Waals surface area contributed by atoms with Crippen molar-refractivity contribution in [2.75, 3.05) is 33.5 Å². The summed E-state index contributed by atoms with van der Waals surface area (Å²) in [5.41, 5.74) is 0. The van der Waals surface area contributed by atoms with Crippen LogP contribution in [0.4, 0.5) is 4.79 Å². The van der Waals surface area contributed by atoms with Crippen molar-refractivity contribution >= 4 is 12.0 Å². The Labute approximate surface area is 101 Å². The smallest absolute Gasteiger partial charge is 0.407 e. The lowest BCUT2D eigenvalue weighted by atomic mass is 9.95. The van der Waals surface area contributed by atoms with Crippen LogP contribution in [0.5, 0.6) is 0 Å². The van der Waals surface area contributed by atoms with E-state index in [-0.39, 0.29) is 11.8 Å². The highest BCUT2D eigenvalue weighted by Crippen LogP contribution is 2.19. The van der Waals surface area contributed by atoms with Gasteiger partial charge in [-0.15, -0.1) is 0 Å². The molecular formula is C11H20N2O4. The van der Waals surface area contributed by atoms with Crippen LogP contribution in [-0.4, -0.2) is 60.4 Å². The summed E-state index contributed by atoms with van der Waals surface area (Å²) in [4.78, 5) is 25.8. The van der Waals surface area contributed by atoms with Crippen molar-refractivity contribution in [2.24, 2.45) is 5.92 Å². The standard InChI is InChI=1S/C11H20N2O4/c1-3-12(8-17-2)10(14)9-4-6-13(7-5-9)11(15)16/h9H,3-8H2,1-2H3,(H,15,16). The van der Waals surface area contributed by atoms with Gasteiger partial charge in [0.25, 0.3) is 0 Å². The van der Waals surface area contributed by atoms with Crippen molar-refractivity contribution in [2.45, 2.75) is 19.8 Å². The number of hydrogen-bond acceptors (Lipinski definition) is 3. The van der Waals surface area contributed by atoms with E-state index in [2.05, 4.69) is 0 Å². The zero-order valence-electron chi connectivity index (χ0n) is 10.4. The maximum atomic E-state index is 12.1. The number of carbonyl (C=O) groups excluding carboxylic acids is 1. The van der Waals surface area contributed by atoms with Gasteiger partial charge < -0.3 is 19.6 Å². The number of ether oxygens (including phenoxy) is 1. The second kappa shape index (κ2) is 6.44. The van der Waals surface area contributed by atoms with E-state index in [1.165, 1.54) is 4.90 Å². The molecule has 0 bridgehead atoms. The van der Waals surface area contributed by atoms with Crippen molar-refractivity contribution in [1.82, 2.24) is 9.80 Å². The molecule has 1 heterocycles. The fraction of sp³-hybridized carbons (Fsp3) is 0.818. The summed E-state index contributed by atoms with van der Waals surface area (Å²) in [6.07, 6.45) is 0.302. The van der Waals surface area contributed by atoms with Crippen molar-refractivity contribution in [3.05, 3.63) is 0 Å². The van der Waals surface area contributed by atoms with Crippen LogP contribution in [0.1, 0.15) is 19.8 Å². The highest BCUT2D eigenvalue weighted by Gasteiger charge is 2.29. The van der Waals surface area contributed by atoms with E-state index in [9.17, 15) is 9.59 Å². The van der Waals surface area contributed by atoms with E-state index in [0.717, 1.165) is 0 Å². The molecule has 1 aliphatic rings. The fourth-order valence-corrected chi connectivity index (χ4v) is 2.04. The van der Waals surface area contributed by atoms with Gasteiger partial charge in [0.2, 0.25) is 5.91 Å². The molecule has 0 atom stereocenters. The SMILES string of the molecule is CCN(COC)C(=O)C1CCN(C(=O)O)CC1. The van der Waals surface area contributed by atoms with E-state index >= 15 is 0 Å². The molecule has 1 aliphatic heterocycles. The quantitative estimate of drug-likeness (QED) is 0.744. The lowest BCUT2D eigenvalue weighted by Gasteiger charge is -2.32. The number of carbonyl (C=O) groups is 2. The molecular weight excluding hydrogens is 224 g/mol. The van der Waals surface area contributed by atoms with Crippen LogP contribution in [0.3, 0.4) is 0 Å². The highest BCUT2D eigenvalue weighted by molar-refractivity contribution is 5.79. The number of amides is 2. The molecule has 0 aromatic heterocycles. The highest BCUT2D eigenvalue weighted by atomic mass is 16.5. The molecule has 0 spiro atoms. The normalized spacial score (nSPS) is 16.9. The Morgan fingerprint density at radius 1 is 1.41 bits per heavy atom. The van der Waals surface area contributed by atoms with Crippen LogP contribution in [0.15, 0.2) is 0 Å². The Bertz CT molecular complexity index is 275. The summed E-state index contributed by atoms with van der Waals surface area (Å²) in [6.45, 7) is 3.70. The number of nitrogens with zero attached hydrogens (tertiary/aromatic N) is 2.